The Bertz CT molecular complexity index is 1430. The number of ether oxygens (including phenoxy) is 1. The molecule has 2 aromatic heterocycles. The summed E-state index contributed by atoms with van der Waals surface area (Å²) in [6, 6.07) is 0.104. The minimum absolute atomic E-state index is 0.0468. The van der Waals surface area contributed by atoms with E-state index in [1.54, 1.807) is 25.1 Å². The third kappa shape index (κ3) is 6.03. The maximum absolute atomic E-state index is 14.0. The molecule has 2 aliphatic rings. The SMILES string of the molecule is CCn1ncnc1C(=O)N[C@H](c1nc2cc([C@@H](COC)N3C[C@@H](C(F)(F)F)NC3=O)ccc2o1)C1CCC(F)(F)CC1. The first-order chi connectivity index (χ1) is 19.9. The number of halogens is 5. The molecule has 228 valence electrons. The molecular weight excluding hydrogens is 569 g/mol. The van der Waals surface area contributed by atoms with E-state index in [0.29, 0.717) is 23.2 Å². The molecule has 3 atom stereocenters. The molecule has 5 rings (SSSR count). The Balaban J connectivity index is 1.45. The highest BCUT2D eigenvalue weighted by Crippen LogP contribution is 2.42. The summed E-state index contributed by atoms with van der Waals surface area (Å²) in [5.74, 6) is -3.64. The van der Waals surface area contributed by atoms with E-state index in [0.717, 1.165) is 4.90 Å². The van der Waals surface area contributed by atoms with Crippen LogP contribution in [0.4, 0.5) is 26.7 Å². The van der Waals surface area contributed by atoms with Crippen molar-refractivity contribution in [2.75, 3.05) is 20.3 Å². The van der Waals surface area contributed by atoms with Crippen LogP contribution in [0.15, 0.2) is 28.9 Å². The molecule has 0 bridgehead atoms. The summed E-state index contributed by atoms with van der Waals surface area (Å²) in [7, 11) is 1.37. The van der Waals surface area contributed by atoms with Crippen molar-refractivity contribution >= 4 is 23.0 Å². The zero-order chi connectivity index (χ0) is 30.2. The van der Waals surface area contributed by atoms with Crippen LogP contribution in [0.1, 0.15) is 66.8 Å². The van der Waals surface area contributed by atoms with Crippen molar-refractivity contribution in [2.45, 2.75) is 69.4 Å². The van der Waals surface area contributed by atoms with E-state index in [1.807, 2.05) is 5.32 Å². The summed E-state index contributed by atoms with van der Waals surface area (Å²) in [6.07, 6.45) is -3.85. The van der Waals surface area contributed by atoms with Gasteiger partial charge in [0.1, 0.15) is 23.9 Å². The van der Waals surface area contributed by atoms with Gasteiger partial charge in [-0.05, 0) is 43.4 Å². The Labute approximate surface area is 236 Å². The number of aromatic nitrogens is 4. The van der Waals surface area contributed by atoms with Crippen molar-refractivity contribution in [3.05, 3.63) is 41.8 Å². The fourth-order valence-electron chi connectivity index (χ4n) is 5.49. The van der Waals surface area contributed by atoms with Gasteiger partial charge in [-0.2, -0.15) is 18.3 Å². The van der Waals surface area contributed by atoms with Gasteiger partial charge in [-0.3, -0.25) is 4.79 Å². The molecule has 42 heavy (non-hydrogen) atoms. The van der Waals surface area contributed by atoms with E-state index in [2.05, 4.69) is 20.4 Å². The van der Waals surface area contributed by atoms with E-state index in [9.17, 15) is 31.5 Å². The molecule has 0 spiro atoms. The molecule has 0 radical (unpaired) electrons. The summed E-state index contributed by atoms with van der Waals surface area (Å²) >= 11 is 0. The zero-order valence-electron chi connectivity index (χ0n) is 22.8. The summed E-state index contributed by atoms with van der Waals surface area (Å²) < 4.78 is 80.4. The predicted molar refractivity (Wildman–Crippen MR) is 137 cm³/mol. The normalized spacial score (nSPS) is 21.0. The third-order valence-corrected chi connectivity index (χ3v) is 7.75. The Kier molecular flexibility index (Phi) is 8.09. The van der Waals surface area contributed by atoms with Crippen LogP contribution < -0.4 is 10.6 Å². The topological polar surface area (TPSA) is 127 Å². The van der Waals surface area contributed by atoms with Crippen molar-refractivity contribution in [3.63, 3.8) is 0 Å². The zero-order valence-corrected chi connectivity index (χ0v) is 22.8. The first-order valence-corrected chi connectivity index (χ1v) is 13.5. The van der Waals surface area contributed by atoms with Crippen LogP contribution in [-0.2, 0) is 11.3 Å². The molecule has 1 saturated carbocycles. The molecule has 3 heterocycles. The summed E-state index contributed by atoms with van der Waals surface area (Å²) in [4.78, 5) is 35.2. The van der Waals surface area contributed by atoms with Crippen LogP contribution >= 0.6 is 0 Å². The molecule has 1 aliphatic carbocycles. The van der Waals surface area contributed by atoms with E-state index in [4.69, 9.17) is 9.15 Å². The number of nitrogens with zero attached hydrogens (tertiary/aromatic N) is 5. The van der Waals surface area contributed by atoms with E-state index >= 15 is 0 Å². The van der Waals surface area contributed by atoms with Crippen molar-refractivity contribution in [1.82, 2.24) is 35.3 Å². The van der Waals surface area contributed by atoms with Gasteiger partial charge in [0, 0.05) is 26.5 Å². The Morgan fingerprint density at radius 2 is 2.02 bits per heavy atom. The molecule has 3 aromatic rings. The van der Waals surface area contributed by atoms with E-state index < -0.39 is 54.6 Å². The lowest BCUT2D eigenvalue weighted by Crippen LogP contribution is -2.40. The number of amides is 3. The molecule has 16 heteroatoms. The maximum atomic E-state index is 14.0. The van der Waals surface area contributed by atoms with Gasteiger partial charge in [0.05, 0.1) is 19.2 Å². The van der Waals surface area contributed by atoms with Gasteiger partial charge in [0.15, 0.2) is 5.58 Å². The van der Waals surface area contributed by atoms with Gasteiger partial charge >= 0.3 is 12.2 Å². The van der Waals surface area contributed by atoms with Crippen LogP contribution in [0.5, 0.6) is 0 Å². The smallest absolute Gasteiger partial charge is 0.410 e. The number of methoxy groups -OCH3 is 1. The minimum Gasteiger partial charge on any atom is -0.438 e. The quantitative estimate of drug-likeness (QED) is 0.350. The number of hydrogen-bond acceptors (Lipinski definition) is 7. The largest absolute Gasteiger partial charge is 0.438 e. The van der Waals surface area contributed by atoms with Gasteiger partial charge < -0.3 is 24.7 Å². The van der Waals surface area contributed by atoms with E-state index in [-0.39, 0.29) is 44.0 Å². The standard InChI is InChI=1S/C26H30F5N7O4/c1-3-38-21(32-13-33-38)22(39)36-20(14-6-8-25(27,28)9-7-14)23-34-16-10-15(4-5-18(16)42-23)17(12-41-2)37-11-19(26(29,30)31)35-24(37)40/h4-5,10,13-14,17,19-20H,3,6-9,11-12H2,1-2H3,(H,35,40)(H,36,39)/t17-,19+,20+/m1/s1. The van der Waals surface area contributed by atoms with Gasteiger partial charge in [-0.1, -0.05) is 6.07 Å². The van der Waals surface area contributed by atoms with Crippen LogP contribution in [0.25, 0.3) is 11.1 Å². The van der Waals surface area contributed by atoms with Gasteiger partial charge in [-0.25, -0.2) is 28.2 Å². The molecular formula is C26H30F5N7O4. The van der Waals surface area contributed by atoms with Crippen LogP contribution in [-0.4, -0.2) is 75.0 Å². The first kappa shape index (κ1) is 29.7. The second kappa shape index (κ2) is 11.5. The summed E-state index contributed by atoms with van der Waals surface area (Å²) in [5.41, 5.74) is 1.07. The number of nitrogens with one attached hydrogen (secondary N) is 2. The lowest BCUT2D eigenvalue weighted by atomic mass is 9.82. The number of fused-ring (bicyclic) bond motifs is 1. The Morgan fingerprint density at radius 3 is 2.67 bits per heavy atom. The van der Waals surface area contributed by atoms with Crippen molar-refractivity contribution in [2.24, 2.45) is 5.92 Å². The number of urea groups is 1. The molecule has 0 unspecified atom stereocenters. The molecule has 2 fully saturated rings. The molecule has 1 aliphatic heterocycles. The Hall–Kier alpha value is -3.82. The lowest BCUT2D eigenvalue weighted by molar-refractivity contribution is -0.150. The van der Waals surface area contributed by atoms with Crippen LogP contribution in [0.3, 0.4) is 0 Å². The number of benzene rings is 1. The van der Waals surface area contributed by atoms with Crippen LogP contribution in [0.2, 0.25) is 0 Å². The summed E-state index contributed by atoms with van der Waals surface area (Å²) in [5, 5.41) is 8.80. The Morgan fingerprint density at radius 1 is 1.29 bits per heavy atom. The average Bonchev–Trinajstić information content (AvgIpc) is 3.68. The molecule has 1 saturated heterocycles. The number of carbonyl (C=O) groups is 2. The number of hydrogen-bond donors (Lipinski definition) is 2. The average molecular weight is 600 g/mol. The fourth-order valence-corrected chi connectivity index (χ4v) is 5.49. The monoisotopic (exact) mass is 599 g/mol. The van der Waals surface area contributed by atoms with Crippen molar-refractivity contribution in [1.29, 1.82) is 0 Å². The van der Waals surface area contributed by atoms with Crippen molar-refractivity contribution in [3.8, 4) is 0 Å². The first-order valence-electron chi connectivity index (χ1n) is 13.5. The minimum atomic E-state index is -4.61. The highest BCUT2D eigenvalue weighted by atomic mass is 19.4. The molecule has 3 amide bonds. The lowest BCUT2D eigenvalue weighted by Gasteiger charge is -2.32. The number of rotatable bonds is 9. The molecule has 1 aromatic carbocycles. The van der Waals surface area contributed by atoms with Gasteiger partial charge in [0.25, 0.3) is 5.91 Å². The number of alkyl halides is 5. The number of carbonyl (C=O) groups excluding carboxylic acids is 2. The third-order valence-electron chi connectivity index (χ3n) is 7.75. The van der Waals surface area contributed by atoms with E-state index in [1.165, 1.54) is 18.1 Å². The summed E-state index contributed by atoms with van der Waals surface area (Å²) in [6.45, 7) is 1.50. The van der Waals surface area contributed by atoms with Gasteiger partial charge in [-0.15, -0.1) is 0 Å². The highest BCUT2D eigenvalue weighted by Gasteiger charge is 2.48. The highest BCUT2D eigenvalue weighted by molar-refractivity contribution is 5.90. The molecule has 11 nitrogen and oxygen atoms in total. The second-order valence-corrected chi connectivity index (χ2v) is 10.5. The maximum Gasteiger partial charge on any atom is 0.410 e. The van der Waals surface area contributed by atoms with Crippen molar-refractivity contribution < 1.29 is 40.7 Å². The molecule has 2 N–H and O–H groups in total. The predicted octanol–water partition coefficient (Wildman–Crippen LogP) is 4.38. The fraction of sp³-hybridized carbons (Fsp3) is 0.577. The number of aryl methyl sites for hydroxylation is 1. The number of oxazole rings is 1. The second-order valence-electron chi connectivity index (χ2n) is 10.5. The van der Waals surface area contributed by atoms with Crippen LogP contribution in [0, 0.1) is 5.92 Å². The van der Waals surface area contributed by atoms with Gasteiger partial charge in [0.2, 0.25) is 17.6 Å².